The van der Waals surface area contributed by atoms with Gasteiger partial charge in [0.2, 0.25) is 0 Å². The van der Waals surface area contributed by atoms with Crippen LogP contribution in [0.5, 0.6) is 0 Å². The molecule has 0 aromatic carbocycles. The van der Waals surface area contributed by atoms with Gasteiger partial charge in [0.15, 0.2) is 0 Å². The van der Waals surface area contributed by atoms with Crippen LogP contribution in [0.2, 0.25) is 0 Å². The highest BCUT2D eigenvalue weighted by atomic mass is 32.2. The molecule has 2 aliphatic heterocycles. The lowest BCUT2D eigenvalue weighted by Gasteiger charge is -2.39. The van der Waals surface area contributed by atoms with Crippen LogP contribution in [0, 0.1) is 0 Å². The predicted molar refractivity (Wildman–Crippen MR) is 79.4 cm³/mol. The Balaban J connectivity index is 1.60. The molecule has 3 rings (SSSR count). The molecule has 2 saturated heterocycles. The normalized spacial score (nSPS) is 32.6. The highest BCUT2D eigenvalue weighted by molar-refractivity contribution is 7.99. The Bertz CT molecular complexity index is 406. The maximum Gasteiger partial charge on any atom is 0.0795 e. The fraction of sp³-hybridized carbons (Fsp3) is 0.667. The van der Waals surface area contributed by atoms with Crippen LogP contribution in [0.25, 0.3) is 0 Å². The minimum Gasteiger partial charge on any atom is -0.374 e. The Morgan fingerprint density at radius 2 is 2.32 bits per heavy atom. The third-order valence-electron chi connectivity index (χ3n) is 4.25. The summed E-state index contributed by atoms with van der Waals surface area (Å²) in [6, 6.07) is 5.16. The van der Waals surface area contributed by atoms with Gasteiger partial charge in [0.25, 0.3) is 0 Å². The van der Waals surface area contributed by atoms with E-state index in [0.717, 1.165) is 19.4 Å². The van der Waals surface area contributed by atoms with E-state index < -0.39 is 0 Å². The molecule has 0 radical (unpaired) electrons. The van der Waals surface area contributed by atoms with Crippen molar-refractivity contribution in [1.82, 2.24) is 10.3 Å². The maximum absolute atomic E-state index is 6.07. The summed E-state index contributed by atoms with van der Waals surface area (Å²) in [5.74, 6) is 2.43. The third-order valence-corrected chi connectivity index (χ3v) is 5.47. The number of nitrogens with zero attached hydrogens (tertiary/aromatic N) is 1. The van der Waals surface area contributed by atoms with Crippen LogP contribution in [0.4, 0.5) is 0 Å². The quantitative estimate of drug-likeness (QED) is 0.922. The zero-order valence-corrected chi connectivity index (χ0v) is 12.3. The fourth-order valence-electron chi connectivity index (χ4n) is 3.14. The summed E-state index contributed by atoms with van der Waals surface area (Å²) < 4.78 is 6.07. The number of hydrogen-bond acceptors (Lipinski definition) is 4. The summed E-state index contributed by atoms with van der Waals surface area (Å²) in [4.78, 5) is 4.08. The van der Waals surface area contributed by atoms with E-state index in [0.29, 0.717) is 12.1 Å². The van der Waals surface area contributed by atoms with Crippen molar-refractivity contribution in [1.29, 1.82) is 0 Å². The average molecular weight is 278 g/mol. The van der Waals surface area contributed by atoms with Gasteiger partial charge in [-0.05, 0) is 49.6 Å². The van der Waals surface area contributed by atoms with E-state index >= 15 is 0 Å². The third kappa shape index (κ3) is 3.12. The zero-order valence-electron chi connectivity index (χ0n) is 11.5. The number of hydrogen-bond donors (Lipinski definition) is 1. The van der Waals surface area contributed by atoms with Crippen LogP contribution in [-0.2, 0) is 4.74 Å². The fourth-order valence-corrected chi connectivity index (χ4v) is 4.51. The molecule has 3 unspecified atom stereocenters. The molecule has 19 heavy (non-hydrogen) atoms. The van der Waals surface area contributed by atoms with E-state index in [1.165, 1.54) is 23.5 Å². The van der Waals surface area contributed by atoms with Gasteiger partial charge in [0.1, 0.15) is 0 Å². The Morgan fingerprint density at radius 3 is 3.05 bits per heavy atom. The van der Waals surface area contributed by atoms with E-state index in [-0.39, 0.29) is 5.60 Å². The Hall–Kier alpha value is -0.580. The molecular weight excluding hydrogens is 256 g/mol. The molecule has 2 fully saturated rings. The van der Waals surface area contributed by atoms with Gasteiger partial charge >= 0.3 is 0 Å². The first-order valence-corrected chi connectivity index (χ1v) is 8.31. The number of ether oxygens (including phenoxy) is 1. The van der Waals surface area contributed by atoms with Gasteiger partial charge in [-0.1, -0.05) is 0 Å². The molecule has 104 valence electrons. The number of nitrogens with one attached hydrogen (secondary N) is 1. The number of pyridine rings is 1. The van der Waals surface area contributed by atoms with Crippen molar-refractivity contribution < 1.29 is 4.74 Å². The summed E-state index contributed by atoms with van der Waals surface area (Å²) >= 11 is 2.04. The zero-order chi connectivity index (χ0) is 13.1. The Labute approximate surface area is 119 Å². The van der Waals surface area contributed by atoms with Gasteiger partial charge in [0.05, 0.1) is 5.60 Å². The monoisotopic (exact) mass is 278 g/mol. The first-order valence-electron chi connectivity index (χ1n) is 7.15. The second-order valence-electron chi connectivity index (χ2n) is 5.69. The highest BCUT2D eigenvalue weighted by Crippen LogP contribution is 2.38. The van der Waals surface area contributed by atoms with Gasteiger partial charge in [-0.2, -0.15) is 11.8 Å². The SMILES string of the molecule is CC(NC1CCOC2(CCSC2)C1)c1ccncc1. The van der Waals surface area contributed by atoms with Gasteiger partial charge in [-0.25, -0.2) is 0 Å². The van der Waals surface area contributed by atoms with Crippen molar-refractivity contribution in [2.45, 2.75) is 43.9 Å². The number of thioether (sulfide) groups is 1. The molecule has 2 aliphatic rings. The lowest BCUT2D eigenvalue weighted by molar-refractivity contribution is -0.0711. The minimum atomic E-state index is 0.165. The molecule has 3 nitrogen and oxygen atoms in total. The lowest BCUT2D eigenvalue weighted by Crippen LogP contribution is -2.47. The van der Waals surface area contributed by atoms with Gasteiger partial charge < -0.3 is 10.1 Å². The average Bonchev–Trinajstić information content (AvgIpc) is 2.88. The van der Waals surface area contributed by atoms with Gasteiger partial charge in [0, 0.05) is 36.8 Å². The molecule has 0 aliphatic carbocycles. The van der Waals surface area contributed by atoms with Crippen molar-refractivity contribution in [3.63, 3.8) is 0 Å². The Kier molecular flexibility index (Phi) is 4.10. The van der Waals surface area contributed by atoms with E-state index in [4.69, 9.17) is 4.74 Å². The van der Waals surface area contributed by atoms with Crippen molar-refractivity contribution in [3.8, 4) is 0 Å². The van der Waals surface area contributed by atoms with Crippen LogP contribution < -0.4 is 5.32 Å². The van der Waals surface area contributed by atoms with E-state index in [1.807, 2.05) is 24.2 Å². The highest BCUT2D eigenvalue weighted by Gasteiger charge is 2.40. The predicted octanol–water partition coefficient (Wildman–Crippen LogP) is 2.79. The standard InChI is InChI=1S/C15H22N2OS/c1-12(13-2-6-16-7-3-13)17-14-4-8-18-15(10-14)5-9-19-11-15/h2-3,6-7,12,14,17H,4-5,8-11H2,1H3. The molecule has 0 amide bonds. The van der Waals surface area contributed by atoms with E-state index in [2.05, 4.69) is 29.4 Å². The van der Waals surface area contributed by atoms with Crippen LogP contribution >= 0.6 is 11.8 Å². The van der Waals surface area contributed by atoms with Crippen LogP contribution in [0.1, 0.15) is 37.8 Å². The second-order valence-corrected chi connectivity index (χ2v) is 6.80. The molecule has 1 aromatic rings. The van der Waals surface area contributed by atoms with Gasteiger partial charge in [-0.3, -0.25) is 4.98 Å². The lowest BCUT2D eigenvalue weighted by atomic mass is 9.89. The summed E-state index contributed by atoms with van der Waals surface area (Å²) in [7, 11) is 0. The summed E-state index contributed by atoms with van der Waals surface area (Å²) in [6.45, 7) is 3.14. The van der Waals surface area contributed by atoms with Crippen LogP contribution in [0.3, 0.4) is 0 Å². The summed E-state index contributed by atoms with van der Waals surface area (Å²) in [6.07, 6.45) is 7.25. The molecule has 3 atom stereocenters. The first kappa shape index (κ1) is 13.4. The van der Waals surface area contributed by atoms with E-state index in [1.54, 1.807) is 0 Å². The maximum atomic E-state index is 6.07. The smallest absolute Gasteiger partial charge is 0.0795 e. The molecule has 1 spiro atoms. The molecule has 0 saturated carbocycles. The topological polar surface area (TPSA) is 34.1 Å². The summed E-state index contributed by atoms with van der Waals surface area (Å²) in [5, 5.41) is 3.77. The van der Waals surface area contributed by atoms with Crippen molar-refractivity contribution in [2.24, 2.45) is 0 Å². The molecular formula is C15H22N2OS. The van der Waals surface area contributed by atoms with Gasteiger partial charge in [-0.15, -0.1) is 0 Å². The van der Waals surface area contributed by atoms with Crippen molar-refractivity contribution in [3.05, 3.63) is 30.1 Å². The molecule has 0 bridgehead atoms. The Morgan fingerprint density at radius 1 is 1.47 bits per heavy atom. The second kappa shape index (κ2) is 5.81. The molecule has 3 heterocycles. The molecule has 1 N–H and O–H groups in total. The minimum absolute atomic E-state index is 0.165. The van der Waals surface area contributed by atoms with E-state index in [9.17, 15) is 0 Å². The number of aromatic nitrogens is 1. The van der Waals surface area contributed by atoms with Crippen molar-refractivity contribution in [2.75, 3.05) is 18.1 Å². The van der Waals surface area contributed by atoms with Crippen LogP contribution in [-0.4, -0.2) is 34.7 Å². The first-order chi connectivity index (χ1) is 9.27. The number of rotatable bonds is 3. The van der Waals surface area contributed by atoms with Crippen molar-refractivity contribution >= 4 is 11.8 Å². The van der Waals surface area contributed by atoms with Crippen LogP contribution in [0.15, 0.2) is 24.5 Å². The summed E-state index contributed by atoms with van der Waals surface area (Å²) in [5.41, 5.74) is 1.48. The largest absolute Gasteiger partial charge is 0.374 e. The molecule has 4 heteroatoms. The molecule has 1 aromatic heterocycles.